The van der Waals surface area contributed by atoms with Crippen LogP contribution in [0, 0.1) is 13.8 Å². The van der Waals surface area contributed by atoms with Crippen molar-refractivity contribution < 1.29 is 19.4 Å². The molecule has 4 aromatic rings. The first-order chi connectivity index (χ1) is 19.4. The summed E-state index contributed by atoms with van der Waals surface area (Å²) in [4.78, 5) is 15.7. The Hall–Kier alpha value is -4.26. The van der Waals surface area contributed by atoms with Gasteiger partial charge in [-0.25, -0.2) is 0 Å². The van der Waals surface area contributed by atoms with E-state index in [2.05, 4.69) is 17.1 Å². The van der Waals surface area contributed by atoms with Gasteiger partial charge in [0.2, 0.25) is 0 Å². The van der Waals surface area contributed by atoms with E-state index in [0.29, 0.717) is 30.1 Å². The molecule has 1 atom stereocenters. The van der Waals surface area contributed by atoms with E-state index >= 15 is 0 Å². The predicted molar refractivity (Wildman–Crippen MR) is 156 cm³/mol. The van der Waals surface area contributed by atoms with E-state index in [0.717, 1.165) is 52.2 Å². The number of nitrogens with one attached hydrogen (secondary N) is 1. The highest BCUT2D eigenvalue weighted by Gasteiger charge is 2.42. The van der Waals surface area contributed by atoms with Crippen LogP contribution in [0.4, 0.5) is 0 Å². The van der Waals surface area contributed by atoms with Crippen LogP contribution in [0.5, 0.6) is 17.2 Å². The number of fused-ring (bicyclic) bond motifs is 1. The molecular formula is C33H37N3O4. The maximum absolute atomic E-state index is 13.8. The Kier molecular flexibility index (Phi) is 8.10. The van der Waals surface area contributed by atoms with Crippen molar-refractivity contribution in [3.63, 3.8) is 0 Å². The minimum Gasteiger partial charge on any atom is -0.507 e. The Labute approximate surface area is 235 Å². The average molecular weight is 540 g/mol. The van der Waals surface area contributed by atoms with Crippen LogP contribution in [0.25, 0.3) is 11.3 Å². The number of methoxy groups -OCH3 is 1. The number of H-pyrrole nitrogens is 1. The first kappa shape index (κ1) is 27.3. The van der Waals surface area contributed by atoms with E-state index in [-0.39, 0.29) is 11.7 Å². The van der Waals surface area contributed by atoms with Gasteiger partial charge in [-0.2, -0.15) is 5.10 Å². The molecule has 7 heteroatoms. The summed E-state index contributed by atoms with van der Waals surface area (Å²) in [6, 6.07) is 19.2. The molecule has 208 valence electrons. The highest BCUT2D eigenvalue weighted by atomic mass is 16.5. The van der Waals surface area contributed by atoms with E-state index in [1.54, 1.807) is 7.11 Å². The zero-order chi connectivity index (χ0) is 28.2. The van der Waals surface area contributed by atoms with Gasteiger partial charge in [-0.3, -0.25) is 9.89 Å². The molecule has 0 saturated heterocycles. The van der Waals surface area contributed by atoms with Crippen molar-refractivity contribution in [1.82, 2.24) is 15.1 Å². The molecular weight excluding hydrogens is 502 g/mol. The van der Waals surface area contributed by atoms with Crippen LogP contribution < -0.4 is 9.47 Å². The molecule has 40 heavy (non-hydrogen) atoms. The Morgan fingerprint density at radius 3 is 2.40 bits per heavy atom. The molecule has 1 aromatic heterocycles. The van der Waals surface area contributed by atoms with Gasteiger partial charge in [0.1, 0.15) is 28.6 Å². The molecule has 0 bridgehead atoms. The van der Waals surface area contributed by atoms with Gasteiger partial charge in [-0.05, 0) is 72.9 Å². The molecule has 7 nitrogen and oxygen atoms in total. The zero-order valence-electron chi connectivity index (χ0n) is 23.7. The molecule has 1 amide bonds. The van der Waals surface area contributed by atoms with Crippen molar-refractivity contribution in [2.24, 2.45) is 0 Å². The van der Waals surface area contributed by atoms with Gasteiger partial charge in [-0.15, -0.1) is 0 Å². The third-order valence-corrected chi connectivity index (χ3v) is 7.54. The third kappa shape index (κ3) is 5.41. The fourth-order valence-corrected chi connectivity index (χ4v) is 5.44. The number of aryl methyl sites for hydroxylation is 2. The van der Waals surface area contributed by atoms with Gasteiger partial charge in [0, 0.05) is 17.7 Å². The number of aromatic hydroxyl groups is 1. The number of aromatic nitrogens is 2. The summed E-state index contributed by atoms with van der Waals surface area (Å²) in [7, 11) is 1.64. The second kappa shape index (κ2) is 11.9. The molecule has 1 unspecified atom stereocenters. The van der Waals surface area contributed by atoms with Crippen LogP contribution in [-0.2, 0) is 6.54 Å². The fourth-order valence-electron chi connectivity index (χ4n) is 5.44. The summed E-state index contributed by atoms with van der Waals surface area (Å²) in [5, 5.41) is 18.5. The van der Waals surface area contributed by atoms with Crippen molar-refractivity contribution in [2.75, 3.05) is 13.7 Å². The van der Waals surface area contributed by atoms with Crippen LogP contribution >= 0.6 is 0 Å². The lowest BCUT2D eigenvalue weighted by Crippen LogP contribution is -2.29. The van der Waals surface area contributed by atoms with Crippen molar-refractivity contribution in [2.45, 2.75) is 59.0 Å². The van der Waals surface area contributed by atoms with Gasteiger partial charge < -0.3 is 19.5 Å². The number of hydrogen-bond acceptors (Lipinski definition) is 5. The Morgan fingerprint density at radius 2 is 1.70 bits per heavy atom. The van der Waals surface area contributed by atoms with Crippen molar-refractivity contribution >= 4 is 5.91 Å². The number of phenols is 1. The second-order valence-corrected chi connectivity index (χ2v) is 10.5. The van der Waals surface area contributed by atoms with Gasteiger partial charge in [-0.1, -0.05) is 56.5 Å². The van der Waals surface area contributed by atoms with E-state index in [4.69, 9.17) is 9.47 Å². The Balaban J connectivity index is 1.52. The number of carbonyl (C=O) groups is 1. The molecule has 0 aliphatic carbocycles. The van der Waals surface area contributed by atoms with Crippen LogP contribution in [0.2, 0.25) is 0 Å². The standard InChI is InChI=1S/C33H37N3O4/c1-5-6-7-8-17-40-26-15-11-24(12-16-26)31-28-29(27-19-21(2)18-22(3)32(27)37)34-35-30(28)33(38)36(31)20-23-9-13-25(39-4)14-10-23/h9-16,18-19,31,37H,5-8,17,20H2,1-4H3,(H,34,35). The number of hydrogen-bond donors (Lipinski definition) is 2. The van der Waals surface area contributed by atoms with E-state index in [1.165, 1.54) is 12.8 Å². The number of rotatable bonds is 11. The van der Waals surface area contributed by atoms with E-state index < -0.39 is 6.04 Å². The lowest BCUT2D eigenvalue weighted by Gasteiger charge is -2.27. The maximum Gasteiger partial charge on any atom is 0.273 e. The number of ether oxygens (including phenoxy) is 2. The highest BCUT2D eigenvalue weighted by molar-refractivity contribution is 6.00. The SMILES string of the molecule is CCCCCCOc1ccc(C2c3c(-c4cc(C)cc(C)c4O)n[nH]c3C(=O)N2Cc2ccc(OC)cc2)cc1. The number of unbranched alkanes of at least 4 members (excludes halogenated alkanes) is 3. The summed E-state index contributed by atoms with van der Waals surface area (Å²) < 4.78 is 11.3. The van der Waals surface area contributed by atoms with Crippen molar-refractivity contribution in [3.05, 3.63) is 94.2 Å². The van der Waals surface area contributed by atoms with Crippen LogP contribution in [0.3, 0.4) is 0 Å². The molecule has 0 fully saturated rings. The number of carbonyl (C=O) groups excluding carboxylic acids is 1. The summed E-state index contributed by atoms with van der Waals surface area (Å²) in [6.45, 7) is 7.15. The van der Waals surface area contributed by atoms with E-state index in [9.17, 15) is 9.90 Å². The largest absolute Gasteiger partial charge is 0.507 e. The van der Waals surface area contributed by atoms with Crippen LogP contribution in [-0.4, -0.2) is 39.8 Å². The van der Waals surface area contributed by atoms with Gasteiger partial charge >= 0.3 is 0 Å². The molecule has 0 radical (unpaired) electrons. The van der Waals surface area contributed by atoms with Gasteiger partial charge in [0.15, 0.2) is 0 Å². The first-order valence-corrected chi connectivity index (χ1v) is 14.0. The number of amides is 1. The predicted octanol–water partition coefficient (Wildman–Crippen LogP) is 7.11. The molecule has 0 saturated carbocycles. The highest BCUT2D eigenvalue weighted by Crippen LogP contribution is 2.46. The normalized spacial score (nSPS) is 14.4. The number of aromatic amines is 1. The molecule has 2 N–H and O–H groups in total. The van der Waals surface area contributed by atoms with Gasteiger partial charge in [0.05, 0.1) is 19.8 Å². The molecule has 1 aliphatic rings. The molecule has 0 spiro atoms. The minimum absolute atomic E-state index is 0.130. The zero-order valence-corrected chi connectivity index (χ0v) is 23.7. The molecule has 5 rings (SSSR count). The summed E-state index contributed by atoms with van der Waals surface area (Å²) in [5.41, 5.74) is 6.14. The molecule has 1 aliphatic heterocycles. The fraction of sp³-hybridized carbons (Fsp3) is 0.333. The third-order valence-electron chi connectivity index (χ3n) is 7.54. The number of phenolic OH excluding ortho intramolecular Hbond substituents is 1. The first-order valence-electron chi connectivity index (χ1n) is 14.0. The number of nitrogens with zero attached hydrogens (tertiary/aromatic N) is 2. The van der Waals surface area contributed by atoms with Crippen molar-refractivity contribution in [3.8, 4) is 28.5 Å². The average Bonchev–Trinajstić information content (AvgIpc) is 3.50. The summed E-state index contributed by atoms with van der Waals surface area (Å²) in [6.07, 6.45) is 4.60. The smallest absolute Gasteiger partial charge is 0.273 e. The lowest BCUT2D eigenvalue weighted by atomic mass is 9.94. The Morgan fingerprint density at radius 1 is 0.975 bits per heavy atom. The summed E-state index contributed by atoms with van der Waals surface area (Å²) >= 11 is 0. The minimum atomic E-state index is -0.392. The molecule has 3 aromatic carbocycles. The second-order valence-electron chi connectivity index (χ2n) is 10.5. The lowest BCUT2D eigenvalue weighted by molar-refractivity contribution is 0.0730. The van der Waals surface area contributed by atoms with Crippen LogP contribution in [0.1, 0.15) is 77.0 Å². The topological polar surface area (TPSA) is 87.7 Å². The number of benzene rings is 3. The van der Waals surface area contributed by atoms with Gasteiger partial charge in [0.25, 0.3) is 5.91 Å². The maximum atomic E-state index is 13.8. The quantitative estimate of drug-likeness (QED) is 0.198. The molecule has 2 heterocycles. The van der Waals surface area contributed by atoms with Crippen molar-refractivity contribution in [1.29, 1.82) is 0 Å². The monoisotopic (exact) mass is 539 g/mol. The summed E-state index contributed by atoms with van der Waals surface area (Å²) in [5.74, 6) is 1.62. The van der Waals surface area contributed by atoms with E-state index in [1.807, 2.05) is 79.4 Å². The van der Waals surface area contributed by atoms with Crippen LogP contribution in [0.15, 0.2) is 60.7 Å². The Bertz CT molecular complexity index is 1480.